The summed E-state index contributed by atoms with van der Waals surface area (Å²) in [5.41, 5.74) is -0.707. The van der Waals surface area contributed by atoms with Gasteiger partial charge in [-0.2, -0.15) is 5.26 Å². The summed E-state index contributed by atoms with van der Waals surface area (Å²) in [4.78, 5) is 50.9. The van der Waals surface area contributed by atoms with Crippen molar-refractivity contribution in [3.8, 4) is 17.6 Å². The van der Waals surface area contributed by atoms with E-state index in [1.165, 1.54) is 35.2 Å². The maximum absolute atomic E-state index is 12.8. The molecule has 10 heteroatoms. The minimum atomic E-state index is -0.913. The van der Waals surface area contributed by atoms with E-state index in [9.17, 15) is 29.8 Å². The lowest BCUT2D eigenvalue weighted by molar-refractivity contribution is -0.385. The Morgan fingerprint density at radius 3 is 1.92 bits per heavy atom. The SMILES string of the molecule is CCN(CC)C(=O)/C(C#N)=C/c1cc(OC(=O)c2ccccc2)c(OC(=O)c2ccccc2)c([N+](=O)[O-])c1. The summed E-state index contributed by atoms with van der Waals surface area (Å²) < 4.78 is 10.8. The van der Waals surface area contributed by atoms with Gasteiger partial charge in [-0.3, -0.25) is 14.9 Å². The number of hydrogen-bond acceptors (Lipinski definition) is 8. The summed E-state index contributed by atoms with van der Waals surface area (Å²) in [6.07, 6.45) is 1.15. The van der Waals surface area contributed by atoms with Crippen molar-refractivity contribution in [1.82, 2.24) is 4.90 Å². The van der Waals surface area contributed by atoms with Gasteiger partial charge in [0.1, 0.15) is 11.6 Å². The fourth-order valence-electron chi connectivity index (χ4n) is 3.45. The van der Waals surface area contributed by atoms with Crippen molar-refractivity contribution in [1.29, 1.82) is 5.26 Å². The molecule has 0 spiro atoms. The minimum absolute atomic E-state index is 0.0177. The molecule has 0 aliphatic heterocycles. The van der Waals surface area contributed by atoms with Gasteiger partial charge >= 0.3 is 17.6 Å². The first-order valence-electron chi connectivity index (χ1n) is 11.6. The maximum Gasteiger partial charge on any atom is 0.343 e. The molecule has 0 heterocycles. The van der Waals surface area contributed by atoms with Crippen LogP contribution in [0.5, 0.6) is 11.5 Å². The summed E-state index contributed by atoms with van der Waals surface area (Å²) >= 11 is 0. The number of carbonyl (C=O) groups is 3. The molecule has 0 bridgehead atoms. The van der Waals surface area contributed by atoms with Crippen LogP contribution >= 0.6 is 0 Å². The van der Waals surface area contributed by atoms with Gasteiger partial charge in [-0.05, 0) is 55.8 Å². The Morgan fingerprint density at radius 2 is 1.45 bits per heavy atom. The predicted molar refractivity (Wildman–Crippen MR) is 137 cm³/mol. The molecule has 0 unspecified atom stereocenters. The molecule has 3 aromatic carbocycles. The van der Waals surface area contributed by atoms with E-state index in [-0.39, 0.29) is 22.3 Å². The van der Waals surface area contributed by atoms with Crippen molar-refractivity contribution in [2.45, 2.75) is 13.8 Å². The molecule has 0 aromatic heterocycles. The number of amides is 1. The first-order chi connectivity index (χ1) is 18.3. The third-order valence-corrected chi connectivity index (χ3v) is 5.38. The summed E-state index contributed by atoms with van der Waals surface area (Å²) in [6, 6.07) is 19.7. The van der Waals surface area contributed by atoms with Gasteiger partial charge in [0.05, 0.1) is 16.1 Å². The van der Waals surface area contributed by atoms with Crippen LogP contribution in [-0.4, -0.2) is 40.8 Å². The van der Waals surface area contributed by atoms with Crippen LogP contribution in [0.1, 0.15) is 40.1 Å². The van der Waals surface area contributed by atoms with E-state index in [4.69, 9.17) is 9.47 Å². The highest BCUT2D eigenvalue weighted by Crippen LogP contribution is 2.40. The first kappa shape index (κ1) is 27.3. The van der Waals surface area contributed by atoms with Crippen molar-refractivity contribution in [3.05, 3.63) is 105 Å². The van der Waals surface area contributed by atoms with E-state index in [0.717, 1.165) is 12.1 Å². The molecular formula is C28H23N3O7. The molecule has 0 radical (unpaired) electrons. The second-order valence-corrected chi connectivity index (χ2v) is 7.78. The minimum Gasteiger partial charge on any atom is -0.419 e. The highest BCUT2D eigenvalue weighted by molar-refractivity contribution is 6.02. The quantitative estimate of drug-likeness (QED) is 0.0992. The second-order valence-electron chi connectivity index (χ2n) is 7.78. The molecule has 10 nitrogen and oxygen atoms in total. The van der Waals surface area contributed by atoms with Crippen LogP contribution < -0.4 is 9.47 Å². The highest BCUT2D eigenvalue weighted by Gasteiger charge is 2.28. The van der Waals surface area contributed by atoms with Crippen LogP contribution in [0.4, 0.5) is 5.69 Å². The predicted octanol–water partition coefficient (Wildman–Crippen LogP) is 4.81. The van der Waals surface area contributed by atoms with Crippen molar-refractivity contribution < 1.29 is 28.8 Å². The molecule has 0 aliphatic carbocycles. The number of ether oxygens (including phenoxy) is 2. The Bertz CT molecular complexity index is 1420. The molecule has 38 heavy (non-hydrogen) atoms. The number of esters is 2. The summed E-state index contributed by atoms with van der Waals surface area (Å²) in [6.45, 7) is 4.20. The smallest absolute Gasteiger partial charge is 0.343 e. The van der Waals surface area contributed by atoms with E-state index in [0.29, 0.717) is 13.1 Å². The molecule has 0 saturated heterocycles. The molecule has 192 valence electrons. The normalized spacial score (nSPS) is 10.7. The lowest BCUT2D eigenvalue weighted by Gasteiger charge is -2.17. The first-order valence-corrected chi connectivity index (χ1v) is 11.6. The number of nitro benzene ring substituents is 1. The maximum atomic E-state index is 12.8. The van der Waals surface area contributed by atoms with Gasteiger partial charge in [0.25, 0.3) is 11.7 Å². The van der Waals surface area contributed by atoms with Gasteiger partial charge in [0.2, 0.25) is 0 Å². The third-order valence-electron chi connectivity index (χ3n) is 5.38. The molecule has 0 N–H and O–H groups in total. The molecule has 1 amide bonds. The molecule has 0 saturated carbocycles. The third kappa shape index (κ3) is 6.47. The fourth-order valence-corrected chi connectivity index (χ4v) is 3.45. The van der Waals surface area contributed by atoms with E-state index in [1.54, 1.807) is 50.2 Å². The number of hydrogen-bond donors (Lipinski definition) is 0. The van der Waals surface area contributed by atoms with Crippen molar-refractivity contribution in [2.24, 2.45) is 0 Å². The molecule has 0 atom stereocenters. The van der Waals surface area contributed by atoms with E-state index >= 15 is 0 Å². The average molecular weight is 514 g/mol. The zero-order valence-corrected chi connectivity index (χ0v) is 20.6. The zero-order chi connectivity index (χ0) is 27.7. The van der Waals surface area contributed by atoms with Crippen molar-refractivity contribution in [3.63, 3.8) is 0 Å². The average Bonchev–Trinajstić information content (AvgIpc) is 2.94. The van der Waals surface area contributed by atoms with Gasteiger partial charge < -0.3 is 14.4 Å². The Morgan fingerprint density at radius 1 is 0.921 bits per heavy atom. The lowest BCUT2D eigenvalue weighted by atomic mass is 10.1. The monoisotopic (exact) mass is 513 g/mol. The van der Waals surface area contributed by atoms with Crippen LogP contribution in [0.3, 0.4) is 0 Å². The van der Waals surface area contributed by atoms with Gasteiger partial charge in [-0.1, -0.05) is 36.4 Å². The van der Waals surface area contributed by atoms with Crippen molar-refractivity contribution >= 4 is 29.6 Å². The summed E-state index contributed by atoms with van der Waals surface area (Å²) in [5.74, 6) is -3.38. The van der Waals surface area contributed by atoms with Gasteiger partial charge in [-0.25, -0.2) is 9.59 Å². The standard InChI is InChI=1S/C28H23N3O7/c1-3-30(4-2)26(32)22(18-29)15-19-16-23(31(35)36)25(38-28(34)21-13-9-6-10-14-21)24(17-19)37-27(33)20-11-7-5-8-12-20/h5-17H,3-4H2,1-2H3/b22-15+. The fraction of sp³-hybridized carbons (Fsp3) is 0.143. The van der Waals surface area contributed by atoms with Gasteiger partial charge in [0.15, 0.2) is 5.75 Å². The van der Waals surface area contributed by atoms with E-state index in [1.807, 2.05) is 6.07 Å². The number of nitro groups is 1. The topological polar surface area (TPSA) is 140 Å². The largest absolute Gasteiger partial charge is 0.419 e. The molecule has 3 aromatic rings. The highest BCUT2D eigenvalue weighted by atomic mass is 16.6. The van der Waals surface area contributed by atoms with Crippen LogP contribution in [0.15, 0.2) is 78.4 Å². The van der Waals surface area contributed by atoms with Crippen LogP contribution in [0.25, 0.3) is 6.08 Å². The Balaban J connectivity index is 2.15. The van der Waals surface area contributed by atoms with E-state index < -0.39 is 40.0 Å². The Kier molecular flexibility index (Phi) is 9.05. The number of benzene rings is 3. The summed E-state index contributed by atoms with van der Waals surface area (Å²) in [5, 5.41) is 21.6. The lowest BCUT2D eigenvalue weighted by Crippen LogP contribution is -2.31. The number of nitrogens with zero attached hydrogens (tertiary/aromatic N) is 3. The second kappa shape index (κ2) is 12.6. The zero-order valence-electron chi connectivity index (χ0n) is 20.6. The number of rotatable bonds is 9. The molecule has 3 rings (SSSR count). The van der Waals surface area contributed by atoms with Crippen LogP contribution in [0, 0.1) is 21.4 Å². The van der Waals surface area contributed by atoms with Crippen LogP contribution in [0.2, 0.25) is 0 Å². The molecular weight excluding hydrogens is 490 g/mol. The van der Waals surface area contributed by atoms with E-state index in [2.05, 4.69) is 0 Å². The Hall–Kier alpha value is -5.30. The molecule has 0 aliphatic rings. The van der Waals surface area contributed by atoms with Gasteiger partial charge in [0, 0.05) is 19.2 Å². The van der Waals surface area contributed by atoms with Gasteiger partial charge in [-0.15, -0.1) is 0 Å². The number of carbonyl (C=O) groups excluding carboxylic acids is 3. The number of nitriles is 1. The summed E-state index contributed by atoms with van der Waals surface area (Å²) in [7, 11) is 0. The number of likely N-dealkylation sites (N-methyl/N-ethyl adjacent to an activating group) is 1. The van der Waals surface area contributed by atoms with Crippen molar-refractivity contribution in [2.75, 3.05) is 13.1 Å². The Labute approximate surface area is 218 Å². The van der Waals surface area contributed by atoms with Crippen LogP contribution in [-0.2, 0) is 4.79 Å². The molecule has 0 fully saturated rings.